The summed E-state index contributed by atoms with van der Waals surface area (Å²) >= 11 is 6.01. The Hall–Kier alpha value is -2.12. The maximum Gasteiger partial charge on any atom is 0.160 e. The molecule has 2 nitrogen and oxygen atoms in total. The minimum atomic E-state index is -0.907. The summed E-state index contributed by atoms with van der Waals surface area (Å²) in [5.74, 6) is -1.79. The van der Waals surface area contributed by atoms with Gasteiger partial charge in [-0.1, -0.05) is 17.7 Å². The Morgan fingerprint density at radius 2 is 1.89 bits per heavy atom. The van der Waals surface area contributed by atoms with Crippen LogP contribution in [-0.2, 0) is 6.54 Å². The zero-order valence-electron chi connectivity index (χ0n) is 9.75. The summed E-state index contributed by atoms with van der Waals surface area (Å²) in [5.41, 5.74) is 1.70. The molecular formula is C14H9ClF2N2. The molecule has 0 radical (unpaired) electrons. The molecule has 0 atom stereocenters. The first-order valence-electron chi connectivity index (χ1n) is 5.47. The smallest absolute Gasteiger partial charge is 0.160 e. The lowest BCUT2D eigenvalue weighted by Crippen LogP contribution is -2.01. The molecule has 2 aromatic carbocycles. The van der Waals surface area contributed by atoms with E-state index in [-0.39, 0.29) is 0 Å². The van der Waals surface area contributed by atoms with Crippen LogP contribution in [0.3, 0.4) is 0 Å². The van der Waals surface area contributed by atoms with Gasteiger partial charge >= 0.3 is 0 Å². The van der Waals surface area contributed by atoms with Gasteiger partial charge in [-0.2, -0.15) is 5.26 Å². The summed E-state index contributed by atoms with van der Waals surface area (Å²) < 4.78 is 25.8. The normalized spacial score (nSPS) is 10.0. The minimum absolute atomic E-state index is 0.357. The van der Waals surface area contributed by atoms with Crippen LogP contribution < -0.4 is 5.32 Å². The monoisotopic (exact) mass is 278 g/mol. The molecule has 19 heavy (non-hydrogen) atoms. The van der Waals surface area contributed by atoms with Crippen LogP contribution in [0.5, 0.6) is 0 Å². The van der Waals surface area contributed by atoms with Gasteiger partial charge in [0.2, 0.25) is 0 Å². The highest BCUT2D eigenvalue weighted by molar-refractivity contribution is 6.31. The second-order valence-electron chi connectivity index (χ2n) is 3.90. The van der Waals surface area contributed by atoms with Gasteiger partial charge in [-0.05, 0) is 29.8 Å². The Bertz CT molecular complexity index is 650. The Morgan fingerprint density at radius 1 is 1.11 bits per heavy atom. The van der Waals surface area contributed by atoms with E-state index in [4.69, 9.17) is 16.9 Å². The lowest BCUT2D eigenvalue weighted by Gasteiger charge is -2.08. The van der Waals surface area contributed by atoms with E-state index in [0.717, 1.165) is 17.7 Å². The van der Waals surface area contributed by atoms with E-state index in [1.54, 1.807) is 18.2 Å². The van der Waals surface area contributed by atoms with Crippen molar-refractivity contribution in [3.8, 4) is 6.07 Å². The second-order valence-corrected chi connectivity index (χ2v) is 4.31. The van der Waals surface area contributed by atoms with Crippen molar-refractivity contribution in [1.29, 1.82) is 5.26 Å². The van der Waals surface area contributed by atoms with Crippen LogP contribution >= 0.6 is 11.6 Å². The molecule has 0 aromatic heterocycles. The molecule has 0 bridgehead atoms. The van der Waals surface area contributed by atoms with Crippen molar-refractivity contribution in [3.63, 3.8) is 0 Å². The average Bonchev–Trinajstić information content (AvgIpc) is 2.41. The standard InChI is InChI=1S/C14H9ClF2N2/c15-12-5-9(7-18)1-2-10(12)8-19-11-3-4-13(16)14(17)6-11/h1-6,19H,8H2. The summed E-state index contributed by atoms with van der Waals surface area (Å²) in [6.07, 6.45) is 0. The summed E-state index contributed by atoms with van der Waals surface area (Å²) in [4.78, 5) is 0. The first-order valence-corrected chi connectivity index (χ1v) is 5.85. The van der Waals surface area contributed by atoms with E-state index in [9.17, 15) is 8.78 Å². The number of nitrogens with one attached hydrogen (secondary N) is 1. The molecule has 0 aliphatic heterocycles. The molecular weight excluding hydrogens is 270 g/mol. The predicted molar refractivity (Wildman–Crippen MR) is 69.9 cm³/mol. The largest absolute Gasteiger partial charge is 0.381 e. The third-order valence-corrected chi connectivity index (χ3v) is 2.94. The van der Waals surface area contributed by atoms with Crippen molar-refractivity contribution in [3.05, 3.63) is 64.2 Å². The van der Waals surface area contributed by atoms with Crippen molar-refractivity contribution in [2.75, 3.05) is 5.32 Å². The second kappa shape index (κ2) is 5.68. The molecule has 0 unspecified atom stereocenters. The highest BCUT2D eigenvalue weighted by Crippen LogP contribution is 2.20. The lowest BCUT2D eigenvalue weighted by molar-refractivity contribution is 0.509. The van der Waals surface area contributed by atoms with Gasteiger partial charge < -0.3 is 5.32 Å². The number of anilines is 1. The first kappa shape index (κ1) is 13.3. The molecule has 5 heteroatoms. The van der Waals surface area contributed by atoms with Gasteiger partial charge in [0.05, 0.1) is 11.6 Å². The fraction of sp³-hybridized carbons (Fsp3) is 0.0714. The molecule has 0 saturated heterocycles. The fourth-order valence-corrected chi connectivity index (χ4v) is 1.81. The number of halogens is 3. The predicted octanol–water partition coefficient (Wildman–Crippen LogP) is 4.10. The molecule has 1 N–H and O–H groups in total. The molecule has 2 rings (SSSR count). The van der Waals surface area contributed by atoms with Gasteiger partial charge in [0.15, 0.2) is 11.6 Å². The van der Waals surface area contributed by atoms with Crippen LogP contribution in [0.2, 0.25) is 5.02 Å². The van der Waals surface area contributed by atoms with Crippen LogP contribution in [0.1, 0.15) is 11.1 Å². The molecule has 0 spiro atoms. The molecule has 96 valence electrons. The van der Waals surface area contributed by atoms with E-state index in [0.29, 0.717) is 22.8 Å². The van der Waals surface area contributed by atoms with Gasteiger partial charge in [0.25, 0.3) is 0 Å². The highest BCUT2D eigenvalue weighted by Gasteiger charge is 2.04. The Morgan fingerprint density at radius 3 is 2.53 bits per heavy atom. The third kappa shape index (κ3) is 3.21. The summed E-state index contributed by atoms with van der Waals surface area (Å²) in [7, 11) is 0. The Kier molecular flexibility index (Phi) is 3.98. The van der Waals surface area contributed by atoms with E-state index in [2.05, 4.69) is 5.32 Å². The van der Waals surface area contributed by atoms with E-state index < -0.39 is 11.6 Å². The highest BCUT2D eigenvalue weighted by atomic mass is 35.5. The van der Waals surface area contributed by atoms with Crippen LogP contribution in [0.15, 0.2) is 36.4 Å². The maximum atomic E-state index is 13.0. The fourth-order valence-electron chi connectivity index (χ4n) is 1.56. The Labute approximate surface area is 114 Å². The molecule has 0 aliphatic rings. The van der Waals surface area contributed by atoms with Crippen LogP contribution in [-0.4, -0.2) is 0 Å². The molecule has 0 aliphatic carbocycles. The van der Waals surface area contributed by atoms with Crippen molar-refractivity contribution < 1.29 is 8.78 Å². The minimum Gasteiger partial charge on any atom is -0.381 e. The SMILES string of the molecule is N#Cc1ccc(CNc2ccc(F)c(F)c2)c(Cl)c1. The lowest BCUT2D eigenvalue weighted by atomic mass is 10.1. The van der Waals surface area contributed by atoms with E-state index >= 15 is 0 Å². The van der Waals surface area contributed by atoms with E-state index in [1.165, 1.54) is 6.07 Å². The molecule has 0 fully saturated rings. The number of benzene rings is 2. The molecule has 0 saturated carbocycles. The average molecular weight is 279 g/mol. The third-order valence-electron chi connectivity index (χ3n) is 2.58. The molecule has 0 heterocycles. The maximum absolute atomic E-state index is 13.0. The zero-order valence-corrected chi connectivity index (χ0v) is 10.5. The molecule has 2 aromatic rings. The van der Waals surface area contributed by atoms with Gasteiger partial charge in [0, 0.05) is 23.3 Å². The van der Waals surface area contributed by atoms with Crippen molar-refractivity contribution in [2.24, 2.45) is 0 Å². The first-order chi connectivity index (χ1) is 9.10. The van der Waals surface area contributed by atoms with Gasteiger partial charge in [-0.15, -0.1) is 0 Å². The van der Waals surface area contributed by atoms with Crippen LogP contribution in [0.4, 0.5) is 14.5 Å². The van der Waals surface area contributed by atoms with Crippen molar-refractivity contribution >= 4 is 17.3 Å². The van der Waals surface area contributed by atoms with Crippen molar-refractivity contribution in [1.82, 2.24) is 0 Å². The molecule has 0 amide bonds. The van der Waals surface area contributed by atoms with Crippen LogP contribution in [0, 0.1) is 23.0 Å². The summed E-state index contributed by atoms with van der Waals surface area (Å²) in [6, 6.07) is 10.5. The van der Waals surface area contributed by atoms with E-state index in [1.807, 2.05) is 6.07 Å². The summed E-state index contributed by atoms with van der Waals surface area (Å²) in [6.45, 7) is 0.357. The number of nitrogens with zero attached hydrogens (tertiary/aromatic N) is 1. The van der Waals surface area contributed by atoms with Gasteiger partial charge in [-0.3, -0.25) is 0 Å². The van der Waals surface area contributed by atoms with Crippen molar-refractivity contribution in [2.45, 2.75) is 6.54 Å². The quantitative estimate of drug-likeness (QED) is 0.917. The topological polar surface area (TPSA) is 35.8 Å². The van der Waals surface area contributed by atoms with Crippen LogP contribution in [0.25, 0.3) is 0 Å². The Balaban J connectivity index is 2.10. The number of rotatable bonds is 3. The number of hydrogen-bond acceptors (Lipinski definition) is 2. The number of nitriles is 1. The van der Waals surface area contributed by atoms with Gasteiger partial charge in [0.1, 0.15) is 0 Å². The summed E-state index contributed by atoms with van der Waals surface area (Å²) in [5, 5.41) is 12.1. The number of hydrogen-bond donors (Lipinski definition) is 1. The zero-order chi connectivity index (χ0) is 13.8. The van der Waals surface area contributed by atoms with Gasteiger partial charge in [-0.25, -0.2) is 8.78 Å².